The number of hydrogen-bond donors (Lipinski definition) is 2. The van der Waals surface area contributed by atoms with E-state index in [1.54, 1.807) is 24.7 Å². The van der Waals surface area contributed by atoms with E-state index >= 15 is 0 Å². The molecule has 0 aliphatic carbocycles. The summed E-state index contributed by atoms with van der Waals surface area (Å²) in [4.78, 5) is 15.8. The van der Waals surface area contributed by atoms with Gasteiger partial charge >= 0.3 is 0 Å². The smallest absolute Gasteiger partial charge is 0.147 e. The maximum atomic E-state index is 10.4. The van der Waals surface area contributed by atoms with Crippen molar-refractivity contribution in [3.63, 3.8) is 0 Å². The number of hydrogen-bond acceptors (Lipinski definition) is 7. The molecule has 25 heavy (non-hydrogen) atoms. The van der Waals surface area contributed by atoms with Gasteiger partial charge in [0, 0.05) is 24.2 Å². The number of anilines is 2. The van der Waals surface area contributed by atoms with Crippen molar-refractivity contribution in [1.29, 1.82) is 0 Å². The average molecular weight is 380 g/mol. The molecule has 134 valence electrons. The van der Waals surface area contributed by atoms with Crippen LogP contribution in [-0.4, -0.2) is 39.3 Å². The lowest BCUT2D eigenvalue weighted by Crippen LogP contribution is -2.49. The van der Waals surface area contributed by atoms with Crippen LogP contribution in [0, 0.1) is 5.41 Å². The van der Waals surface area contributed by atoms with E-state index in [4.69, 9.17) is 17.3 Å². The van der Waals surface area contributed by atoms with Gasteiger partial charge in [0.15, 0.2) is 0 Å². The van der Waals surface area contributed by atoms with Crippen LogP contribution < -0.4 is 10.6 Å². The summed E-state index contributed by atoms with van der Waals surface area (Å²) in [6, 6.07) is 1.80. The second kappa shape index (κ2) is 7.35. The number of aliphatic hydroxyl groups excluding tert-OH is 1. The largest absolute Gasteiger partial charge is 0.391 e. The summed E-state index contributed by atoms with van der Waals surface area (Å²) in [5.74, 6) is 1.08. The van der Waals surface area contributed by atoms with Crippen molar-refractivity contribution in [2.45, 2.75) is 42.7 Å². The Balaban J connectivity index is 1.70. The molecule has 1 fully saturated rings. The molecule has 0 bridgehead atoms. The molecule has 0 spiro atoms. The predicted molar refractivity (Wildman–Crippen MR) is 101 cm³/mol. The number of piperidine rings is 1. The Labute approximate surface area is 156 Å². The van der Waals surface area contributed by atoms with E-state index in [1.807, 2.05) is 0 Å². The Bertz CT molecular complexity index is 744. The predicted octanol–water partition coefficient (Wildman–Crippen LogP) is 3.25. The minimum Gasteiger partial charge on any atom is -0.391 e. The van der Waals surface area contributed by atoms with E-state index in [9.17, 15) is 5.11 Å². The number of nitrogens with zero attached hydrogens (tertiary/aromatic N) is 4. The molecule has 1 aliphatic heterocycles. The van der Waals surface area contributed by atoms with Gasteiger partial charge in [0.2, 0.25) is 0 Å². The van der Waals surface area contributed by atoms with Gasteiger partial charge in [-0.25, -0.2) is 15.0 Å². The first-order valence-corrected chi connectivity index (χ1v) is 9.45. The van der Waals surface area contributed by atoms with E-state index in [0.717, 1.165) is 35.1 Å². The van der Waals surface area contributed by atoms with Crippen LogP contribution in [0.5, 0.6) is 0 Å². The molecule has 0 radical (unpaired) electrons. The summed E-state index contributed by atoms with van der Waals surface area (Å²) in [5, 5.41) is 11.6. The maximum Gasteiger partial charge on any atom is 0.147 e. The van der Waals surface area contributed by atoms with Crippen LogP contribution in [0.3, 0.4) is 0 Å². The zero-order valence-corrected chi connectivity index (χ0v) is 15.9. The Morgan fingerprint density at radius 2 is 2.20 bits per heavy atom. The minimum absolute atomic E-state index is 0.0161. The molecule has 3 N–H and O–H groups in total. The lowest BCUT2D eigenvalue weighted by molar-refractivity contribution is 0.0187. The van der Waals surface area contributed by atoms with Crippen LogP contribution in [0.1, 0.15) is 26.7 Å². The monoisotopic (exact) mass is 379 g/mol. The lowest BCUT2D eigenvalue weighted by Gasteiger charge is -2.43. The van der Waals surface area contributed by atoms with Crippen molar-refractivity contribution in [1.82, 2.24) is 15.0 Å². The first kappa shape index (κ1) is 18.2. The van der Waals surface area contributed by atoms with Crippen LogP contribution >= 0.6 is 23.4 Å². The number of rotatable bonds is 4. The summed E-state index contributed by atoms with van der Waals surface area (Å²) in [6.07, 6.45) is 6.62. The third-order valence-electron chi connectivity index (χ3n) is 4.99. The number of aliphatic hydroxyl groups is 1. The third kappa shape index (κ3) is 3.83. The Morgan fingerprint density at radius 3 is 2.84 bits per heavy atom. The molecule has 0 aromatic carbocycles. The molecule has 8 heteroatoms. The van der Waals surface area contributed by atoms with E-state index in [-0.39, 0.29) is 11.5 Å². The van der Waals surface area contributed by atoms with E-state index in [0.29, 0.717) is 17.4 Å². The van der Waals surface area contributed by atoms with Gasteiger partial charge in [0.05, 0.1) is 23.5 Å². The topological polar surface area (TPSA) is 88.2 Å². The second-order valence-corrected chi connectivity index (χ2v) is 7.98. The quantitative estimate of drug-likeness (QED) is 0.842. The van der Waals surface area contributed by atoms with Crippen LogP contribution in [0.15, 0.2) is 34.6 Å². The number of halogens is 1. The lowest BCUT2D eigenvalue weighted by atomic mass is 9.76. The van der Waals surface area contributed by atoms with Gasteiger partial charge in [0.25, 0.3) is 0 Å². The number of aromatic nitrogens is 3. The standard InChI is InChI=1S/C17H22ClN5OS/c1-3-17(2)5-7-23(10-12(17)24)13-8-22-14(9-21-13)25-11-4-6-20-16(19)15(11)18/h4,6,8-9,12,24H,3,5,7,10H2,1-2H3,(H2,19,20)/t12-,17+/m0/s1. The molecule has 2 aromatic rings. The number of pyridine rings is 1. The Kier molecular flexibility index (Phi) is 5.36. The molecular weight excluding hydrogens is 358 g/mol. The fourth-order valence-electron chi connectivity index (χ4n) is 2.86. The van der Waals surface area contributed by atoms with Gasteiger partial charge in [-0.15, -0.1) is 0 Å². The van der Waals surface area contributed by atoms with E-state index in [2.05, 4.69) is 33.7 Å². The van der Waals surface area contributed by atoms with Crippen molar-refractivity contribution in [3.8, 4) is 0 Å². The molecule has 3 heterocycles. The van der Waals surface area contributed by atoms with Crippen molar-refractivity contribution in [3.05, 3.63) is 29.7 Å². The summed E-state index contributed by atoms with van der Waals surface area (Å²) < 4.78 is 0. The van der Waals surface area contributed by atoms with Gasteiger partial charge < -0.3 is 15.7 Å². The molecule has 1 aliphatic rings. The molecule has 6 nitrogen and oxygen atoms in total. The highest BCUT2D eigenvalue weighted by atomic mass is 35.5. The highest BCUT2D eigenvalue weighted by Gasteiger charge is 2.37. The zero-order chi connectivity index (χ0) is 18.0. The average Bonchev–Trinajstić information content (AvgIpc) is 2.62. The molecule has 0 amide bonds. The van der Waals surface area contributed by atoms with Crippen LogP contribution in [-0.2, 0) is 0 Å². The summed E-state index contributed by atoms with van der Waals surface area (Å²) in [6.45, 7) is 5.72. The van der Waals surface area contributed by atoms with Gasteiger partial charge in [-0.3, -0.25) is 0 Å². The number of nitrogens with two attached hydrogens (primary N) is 1. The summed E-state index contributed by atoms with van der Waals surface area (Å²) >= 11 is 7.55. The molecule has 2 aromatic heterocycles. The van der Waals surface area contributed by atoms with Crippen molar-refractivity contribution >= 4 is 35.0 Å². The normalized spacial score (nSPS) is 23.7. The molecule has 0 saturated carbocycles. The minimum atomic E-state index is -0.360. The zero-order valence-electron chi connectivity index (χ0n) is 14.3. The van der Waals surface area contributed by atoms with Gasteiger partial charge in [-0.1, -0.05) is 37.2 Å². The molecule has 2 atom stereocenters. The SMILES string of the molecule is CC[C@]1(C)CCN(c2cnc(Sc3ccnc(N)c3Cl)cn2)C[C@@H]1O. The summed E-state index contributed by atoms with van der Waals surface area (Å²) in [5.41, 5.74) is 5.70. The first-order valence-electron chi connectivity index (χ1n) is 8.26. The fraction of sp³-hybridized carbons (Fsp3) is 0.471. The van der Waals surface area contributed by atoms with Crippen molar-refractivity contribution in [2.24, 2.45) is 5.41 Å². The first-order chi connectivity index (χ1) is 11.9. The number of nitrogen functional groups attached to an aromatic ring is 1. The maximum absolute atomic E-state index is 10.4. The fourth-order valence-corrected chi connectivity index (χ4v) is 3.84. The van der Waals surface area contributed by atoms with Crippen molar-refractivity contribution < 1.29 is 5.11 Å². The molecule has 1 saturated heterocycles. The Hall–Kier alpha value is -1.57. The third-order valence-corrected chi connectivity index (χ3v) is 6.48. The highest BCUT2D eigenvalue weighted by molar-refractivity contribution is 7.99. The summed E-state index contributed by atoms with van der Waals surface area (Å²) in [7, 11) is 0. The Morgan fingerprint density at radius 1 is 1.40 bits per heavy atom. The van der Waals surface area contributed by atoms with Crippen LogP contribution in [0.2, 0.25) is 5.02 Å². The molecule has 3 rings (SSSR count). The van der Waals surface area contributed by atoms with Gasteiger partial charge in [-0.05, 0) is 24.3 Å². The van der Waals surface area contributed by atoms with Crippen LogP contribution in [0.4, 0.5) is 11.6 Å². The van der Waals surface area contributed by atoms with Gasteiger partial charge in [-0.2, -0.15) is 0 Å². The highest BCUT2D eigenvalue weighted by Crippen LogP contribution is 2.36. The van der Waals surface area contributed by atoms with E-state index < -0.39 is 0 Å². The van der Waals surface area contributed by atoms with E-state index in [1.165, 1.54) is 11.8 Å². The van der Waals surface area contributed by atoms with Gasteiger partial charge in [0.1, 0.15) is 16.7 Å². The number of β-amino-alcohol motifs (C(OH)–C–C–N with tert-alkyl or cyclic N) is 1. The van der Waals surface area contributed by atoms with Crippen molar-refractivity contribution in [2.75, 3.05) is 23.7 Å². The molecule has 0 unspecified atom stereocenters. The molecular formula is C17H22ClN5OS. The second-order valence-electron chi connectivity index (χ2n) is 6.54. The van der Waals surface area contributed by atoms with Crippen LogP contribution in [0.25, 0.3) is 0 Å².